The fourth-order valence-corrected chi connectivity index (χ4v) is 2.07. The predicted molar refractivity (Wildman–Crippen MR) is 66.8 cm³/mol. The Kier molecular flexibility index (Phi) is 6.52. The molecule has 2 unspecified atom stereocenters. The van der Waals surface area contributed by atoms with Crippen molar-refractivity contribution in [3.05, 3.63) is 0 Å². The molecule has 0 aromatic rings. The number of nitrogens with one attached hydrogen (secondary N) is 1. The normalized spacial score (nSPS) is 22.5. The Morgan fingerprint density at radius 3 is 2.82 bits per heavy atom. The Hall–Kier alpha value is -0.610. The number of rotatable bonds is 6. The second-order valence-electron chi connectivity index (χ2n) is 5.01. The zero-order valence-corrected chi connectivity index (χ0v) is 11.2. The lowest BCUT2D eigenvalue weighted by atomic mass is 9.93. The summed E-state index contributed by atoms with van der Waals surface area (Å²) in [5, 5.41) is 3.32. The van der Waals surface area contributed by atoms with Crippen LogP contribution >= 0.6 is 0 Å². The van der Waals surface area contributed by atoms with Crippen molar-refractivity contribution >= 4 is 5.97 Å². The van der Waals surface area contributed by atoms with E-state index in [0.29, 0.717) is 19.1 Å². The summed E-state index contributed by atoms with van der Waals surface area (Å²) in [4.78, 5) is 11.9. The van der Waals surface area contributed by atoms with E-state index in [1.165, 1.54) is 0 Å². The first-order valence-electron chi connectivity index (χ1n) is 6.63. The summed E-state index contributed by atoms with van der Waals surface area (Å²) in [5.74, 6) is 0.640. The second kappa shape index (κ2) is 7.67. The molecule has 0 bridgehead atoms. The van der Waals surface area contributed by atoms with Gasteiger partial charge in [0.25, 0.3) is 0 Å². The van der Waals surface area contributed by atoms with Crippen LogP contribution in [0.3, 0.4) is 0 Å². The SMILES string of the molecule is CCOC(=O)C(NCC(C)C)C1CCCOC1. The van der Waals surface area contributed by atoms with Gasteiger partial charge in [0.1, 0.15) is 6.04 Å². The first-order valence-corrected chi connectivity index (χ1v) is 6.63. The number of hydrogen-bond acceptors (Lipinski definition) is 4. The van der Waals surface area contributed by atoms with Gasteiger partial charge in [-0.25, -0.2) is 0 Å². The van der Waals surface area contributed by atoms with Crippen molar-refractivity contribution in [2.24, 2.45) is 11.8 Å². The highest BCUT2D eigenvalue weighted by atomic mass is 16.5. The van der Waals surface area contributed by atoms with Gasteiger partial charge in [-0.2, -0.15) is 0 Å². The van der Waals surface area contributed by atoms with Crippen LogP contribution in [0.4, 0.5) is 0 Å². The van der Waals surface area contributed by atoms with Crippen LogP contribution in [0.15, 0.2) is 0 Å². The van der Waals surface area contributed by atoms with Crippen LogP contribution in [0.2, 0.25) is 0 Å². The smallest absolute Gasteiger partial charge is 0.323 e. The van der Waals surface area contributed by atoms with E-state index in [0.717, 1.165) is 26.0 Å². The maximum Gasteiger partial charge on any atom is 0.323 e. The quantitative estimate of drug-likeness (QED) is 0.720. The summed E-state index contributed by atoms with van der Waals surface area (Å²) in [6.45, 7) is 8.85. The van der Waals surface area contributed by atoms with E-state index in [1.807, 2.05) is 6.92 Å². The molecule has 1 saturated heterocycles. The molecule has 0 aliphatic carbocycles. The Morgan fingerprint density at radius 1 is 1.53 bits per heavy atom. The van der Waals surface area contributed by atoms with Gasteiger partial charge in [-0.05, 0) is 32.2 Å². The zero-order chi connectivity index (χ0) is 12.7. The Balaban J connectivity index is 2.53. The van der Waals surface area contributed by atoms with Crippen molar-refractivity contribution in [3.8, 4) is 0 Å². The molecular weight excluding hydrogens is 218 g/mol. The summed E-state index contributed by atoms with van der Waals surface area (Å²) in [6, 6.07) is -0.211. The van der Waals surface area contributed by atoms with Crippen LogP contribution in [0.25, 0.3) is 0 Å². The fourth-order valence-electron chi connectivity index (χ4n) is 2.07. The molecule has 1 rings (SSSR count). The van der Waals surface area contributed by atoms with Crippen LogP contribution in [-0.4, -0.2) is 38.4 Å². The fraction of sp³-hybridized carbons (Fsp3) is 0.923. The van der Waals surface area contributed by atoms with Crippen molar-refractivity contribution in [1.29, 1.82) is 0 Å². The van der Waals surface area contributed by atoms with Gasteiger partial charge in [0.15, 0.2) is 0 Å². The van der Waals surface area contributed by atoms with E-state index in [9.17, 15) is 4.79 Å². The highest BCUT2D eigenvalue weighted by Crippen LogP contribution is 2.18. The van der Waals surface area contributed by atoms with Crippen molar-refractivity contribution in [2.45, 2.75) is 39.7 Å². The molecule has 0 saturated carbocycles. The van der Waals surface area contributed by atoms with Crippen molar-refractivity contribution in [2.75, 3.05) is 26.4 Å². The van der Waals surface area contributed by atoms with Gasteiger partial charge in [0.05, 0.1) is 13.2 Å². The van der Waals surface area contributed by atoms with Gasteiger partial charge in [-0.15, -0.1) is 0 Å². The van der Waals surface area contributed by atoms with Crippen LogP contribution in [0.1, 0.15) is 33.6 Å². The third-order valence-electron chi connectivity index (χ3n) is 2.95. The summed E-state index contributed by atoms with van der Waals surface area (Å²) in [7, 11) is 0. The molecule has 17 heavy (non-hydrogen) atoms. The van der Waals surface area contributed by atoms with Crippen LogP contribution in [-0.2, 0) is 14.3 Å². The van der Waals surface area contributed by atoms with E-state index in [2.05, 4.69) is 19.2 Å². The third-order valence-corrected chi connectivity index (χ3v) is 2.95. The summed E-state index contributed by atoms with van der Waals surface area (Å²) in [6.07, 6.45) is 2.07. The maximum absolute atomic E-state index is 11.9. The Morgan fingerprint density at radius 2 is 2.29 bits per heavy atom. The summed E-state index contributed by atoms with van der Waals surface area (Å²) < 4.78 is 10.6. The van der Waals surface area contributed by atoms with E-state index >= 15 is 0 Å². The number of ether oxygens (including phenoxy) is 2. The molecule has 0 aromatic carbocycles. The first kappa shape index (κ1) is 14.5. The lowest BCUT2D eigenvalue weighted by Gasteiger charge is -2.29. The molecule has 0 radical (unpaired) electrons. The topological polar surface area (TPSA) is 47.6 Å². The molecule has 1 aliphatic rings. The van der Waals surface area contributed by atoms with Crippen molar-refractivity contribution in [3.63, 3.8) is 0 Å². The molecule has 0 spiro atoms. The highest BCUT2D eigenvalue weighted by Gasteiger charge is 2.30. The number of carbonyl (C=O) groups excluding carboxylic acids is 1. The first-order chi connectivity index (χ1) is 8.15. The van der Waals surface area contributed by atoms with Gasteiger partial charge >= 0.3 is 5.97 Å². The minimum Gasteiger partial charge on any atom is -0.465 e. The van der Waals surface area contributed by atoms with E-state index < -0.39 is 0 Å². The monoisotopic (exact) mass is 243 g/mol. The molecule has 1 heterocycles. The van der Waals surface area contributed by atoms with Crippen LogP contribution in [0, 0.1) is 11.8 Å². The van der Waals surface area contributed by atoms with E-state index in [1.54, 1.807) is 0 Å². The minimum atomic E-state index is -0.211. The standard InChI is InChI=1S/C13H25NO3/c1-4-17-13(15)12(14-8-10(2)3)11-6-5-7-16-9-11/h10-12,14H,4-9H2,1-3H3. The van der Waals surface area contributed by atoms with E-state index in [-0.39, 0.29) is 17.9 Å². The number of esters is 1. The highest BCUT2D eigenvalue weighted by molar-refractivity contribution is 5.76. The molecule has 1 N–H and O–H groups in total. The predicted octanol–water partition coefficient (Wildman–Crippen LogP) is 1.59. The van der Waals surface area contributed by atoms with Gasteiger partial charge in [0, 0.05) is 12.5 Å². The largest absolute Gasteiger partial charge is 0.465 e. The third kappa shape index (κ3) is 5.04. The van der Waals surface area contributed by atoms with Gasteiger partial charge < -0.3 is 14.8 Å². The van der Waals surface area contributed by atoms with Gasteiger partial charge in [0.2, 0.25) is 0 Å². The molecule has 0 amide bonds. The van der Waals surface area contributed by atoms with E-state index in [4.69, 9.17) is 9.47 Å². The average molecular weight is 243 g/mol. The molecule has 100 valence electrons. The molecule has 1 aliphatic heterocycles. The number of hydrogen-bond donors (Lipinski definition) is 1. The Labute approximate surface area is 104 Å². The molecule has 2 atom stereocenters. The van der Waals surface area contributed by atoms with Gasteiger partial charge in [-0.1, -0.05) is 13.8 Å². The molecule has 4 nitrogen and oxygen atoms in total. The van der Waals surface area contributed by atoms with Gasteiger partial charge in [-0.3, -0.25) is 4.79 Å². The van der Waals surface area contributed by atoms with Crippen LogP contribution < -0.4 is 5.32 Å². The van der Waals surface area contributed by atoms with Crippen molar-refractivity contribution < 1.29 is 14.3 Å². The average Bonchev–Trinajstić information content (AvgIpc) is 2.30. The molecular formula is C13H25NO3. The molecule has 0 aromatic heterocycles. The van der Waals surface area contributed by atoms with Crippen molar-refractivity contribution in [1.82, 2.24) is 5.32 Å². The zero-order valence-electron chi connectivity index (χ0n) is 11.2. The second-order valence-corrected chi connectivity index (χ2v) is 5.01. The molecule has 1 fully saturated rings. The molecule has 4 heteroatoms. The Bertz CT molecular complexity index is 225. The summed E-state index contributed by atoms with van der Waals surface area (Å²) in [5.41, 5.74) is 0. The minimum absolute atomic E-state index is 0.136. The van der Waals surface area contributed by atoms with Crippen LogP contribution in [0.5, 0.6) is 0 Å². The number of carbonyl (C=O) groups is 1. The lowest BCUT2D eigenvalue weighted by molar-refractivity contribution is -0.148. The lowest BCUT2D eigenvalue weighted by Crippen LogP contribution is -2.47. The maximum atomic E-state index is 11.9. The summed E-state index contributed by atoms with van der Waals surface area (Å²) >= 11 is 0.